The molecule has 0 spiro atoms. The molecule has 33 heavy (non-hydrogen) atoms. The predicted molar refractivity (Wildman–Crippen MR) is 135 cm³/mol. The molecule has 0 radical (unpaired) electrons. The van der Waals surface area contributed by atoms with Crippen LogP contribution in [0.15, 0.2) is 91.0 Å². The van der Waals surface area contributed by atoms with E-state index in [9.17, 15) is 4.79 Å². The van der Waals surface area contributed by atoms with E-state index in [4.69, 9.17) is 9.47 Å². The summed E-state index contributed by atoms with van der Waals surface area (Å²) in [6, 6.07) is 31.1. The highest BCUT2D eigenvalue weighted by atomic mass is 32.2. The lowest BCUT2D eigenvalue weighted by Crippen LogP contribution is -2.09. The monoisotopic (exact) mass is 451 g/mol. The lowest BCUT2D eigenvalue weighted by molar-refractivity contribution is 0.0301. The maximum Gasteiger partial charge on any atom is 0.338 e. The highest BCUT2D eigenvalue weighted by Crippen LogP contribution is 2.48. The summed E-state index contributed by atoms with van der Waals surface area (Å²) >= 11 is 0. The van der Waals surface area contributed by atoms with Crippen molar-refractivity contribution >= 4 is 36.6 Å². The number of rotatable bonds is 4. The Balaban J connectivity index is 1.38. The Morgan fingerprint density at radius 3 is 2.48 bits per heavy atom. The molecule has 162 valence electrons. The van der Waals surface area contributed by atoms with Crippen molar-refractivity contribution in [2.45, 2.75) is 18.9 Å². The summed E-state index contributed by atoms with van der Waals surface area (Å²) in [5, 5.41) is 2.33. The SMILES string of the molecule is COc1ccc2c(c1)CCC2OC(=O)c1ccc2c(c1)c1ccccc1[s+]2-c1ccccc1. The Hall–Kier alpha value is -3.63. The predicted octanol–water partition coefficient (Wildman–Crippen LogP) is 7.58. The van der Waals surface area contributed by atoms with Crippen molar-refractivity contribution < 1.29 is 14.3 Å². The van der Waals surface area contributed by atoms with E-state index in [0.29, 0.717) is 5.56 Å². The van der Waals surface area contributed by atoms with Gasteiger partial charge in [-0.05, 0) is 78.6 Å². The number of carbonyl (C=O) groups is 1. The van der Waals surface area contributed by atoms with Crippen LogP contribution in [0.5, 0.6) is 5.75 Å². The molecule has 0 bridgehead atoms. The van der Waals surface area contributed by atoms with Gasteiger partial charge in [0.1, 0.15) is 11.9 Å². The van der Waals surface area contributed by atoms with Gasteiger partial charge < -0.3 is 9.47 Å². The number of hydrogen-bond acceptors (Lipinski definition) is 3. The van der Waals surface area contributed by atoms with Gasteiger partial charge in [-0.3, -0.25) is 0 Å². The van der Waals surface area contributed by atoms with Gasteiger partial charge in [-0.15, -0.1) is 0 Å². The van der Waals surface area contributed by atoms with E-state index in [1.54, 1.807) is 7.11 Å². The summed E-state index contributed by atoms with van der Waals surface area (Å²) < 4.78 is 13.9. The number of hydrogen-bond donors (Lipinski definition) is 0. The molecule has 1 aliphatic rings. The normalized spacial score (nSPS) is 15.5. The first-order chi connectivity index (χ1) is 16.2. The number of esters is 1. The van der Waals surface area contributed by atoms with E-state index in [1.807, 2.05) is 36.4 Å². The smallest absolute Gasteiger partial charge is 0.338 e. The minimum atomic E-state index is -0.268. The molecule has 0 N–H and O–H groups in total. The van der Waals surface area contributed by atoms with Crippen LogP contribution in [0.2, 0.25) is 0 Å². The summed E-state index contributed by atoms with van der Waals surface area (Å²) in [5.74, 6) is 0.572. The molecule has 0 saturated carbocycles. The molecule has 0 amide bonds. The minimum Gasteiger partial charge on any atom is -0.497 e. The number of fused-ring (bicyclic) bond motifs is 4. The molecule has 5 aromatic rings. The first-order valence-corrected chi connectivity index (χ1v) is 12.4. The summed E-state index contributed by atoms with van der Waals surface area (Å²) in [7, 11) is 1.51. The quantitative estimate of drug-likeness (QED) is 0.209. The molecule has 6 rings (SSSR count). The average Bonchev–Trinajstić information content (AvgIpc) is 3.42. The Bertz CT molecular complexity index is 1500. The van der Waals surface area contributed by atoms with Crippen LogP contribution in [0, 0.1) is 0 Å². The summed E-state index contributed by atoms with van der Waals surface area (Å²) in [4.78, 5) is 14.4. The molecule has 0 aliphatic heterocycles. The van der Waals surface area contributed by atoms with Gasteiger partial charge >= 0.3 is 5.97 Å². The van der Waals surface area contributed by atoms with Crippen LogP contribution in [-0.2, 0) is 11.2 Å². The molecule has 1 aromatic heterocycles. The van der Waals surface area contributed by atoms with Crippen molar-refractivity contribution in [1.29, 1.82) is 0 Å². The zero-order valence-corrected chi connectivity index (χ0v) is 19.1. The van der Waals surface area contributed by atoms with E-state index in [-0.39, 0.29) is 22.5 Å². The first kappa shape index (κ1) is 20.0. The number of ether oxygens (including phenoxy) is 2. The fourth-order valence-electron chi connectivity index (χ4n) is 4.84. The first-order valence-electron chi connectivity index (χ1n) is 11.1. The second-order valence-corrected chi connectivity index (χ2v) is 10.3. The molecule has 4 aromatic carbocycles. The minimum absolute atomic E-state index is 0.163. The second kappa shape index (κ2) is 8.05. The summed E-state index contributed by atoms with van der Waals surface area (Å²) in [6.45, 7) is 0. The standard InChI is InChI=1S/C29H23O3S/c1-31-21-13-14-23-19(17-21)11-15-26(23)32-29(30)20-12-16-28-25(18-20)24-9-5-6-10-27(24)33(28)22-7-3-2-4-8-22/h2-10,12-14,16-18,26H,11,15H2,1H3/q+1. The number of benzene rings is 4. The Morgan fingerprint density at radius 2 is 1.64 bits per heavy atom. The highest BCUT2D eigenvalue weighted by Gasteiger charge is 2.28. The molecule has 2 atom stereocenters. The van der Waals surface area contributed by atoms with Crippen LogP contribution in [0.3, 0.4) is 0 Å². The van der Waals surface area contributed by atoms with Crippen LogP contribution in [-0.4, -0.2) is 13.1 Å². The van der Waals surface area contributed by atoms with Gasteiger partial charge in [0.25, 0.3) is 0 Å². The van der Waals surface area contributed by atoms with Gasteiger partial charge in [0.15, 0.2) is 14.3 Å². The van der Waals surface area contributed by atoms with E-state index in [2.05, 4.69) is 54.6 Å². The van der Waals surface area contributed by atoms with Crippen molar-refractivity contribution in [3.63, 3.8) is 0 Å². The lowest BCUT2D eigenvalue weighted by Gasteiger charge is -2.14. The number of thiophene rings is 1. The van der Waals surface area contributed by atoms with Gasteiger partial charge in [-0.2, -0.15) is 0 Å². The van der Waals surface area contributed by atoms with E-state index < -0.39 is 0 Å². The van der Waals surface area contributed by atoms with Gasteiger partial charge in [0.05, 0.1) is 12.7 Å². The fourth-order valence-corrected chi connectivity index (χ4v) is 7.22. The third-order valence-electron chi connectivity index (χ3n) is 6.43. The highest BCUT2D eigenvalue weighted by molar-refractivity contribution is 7.50. The van der Waals surface area contributed by atoms with Crippen LogP contribution in [0.1, 0.15) is 34.0 Å². The molecule has 4 heteroatoms. The van der Waals surface area contributed by atoms with Crippen molar-refractivity contribution in [2.24, 2.45) is 0 Å². The zero-order valence-electron chi connectivity index (χ0n) is 18.3. The Labute approximate surface area is 195 Å². The zero-order chi connectivity index (χ0) is 22.4. The summed E-state index contributed by atoms with van der Waals surface area (Å²) in [5.41, 5.74) is 2.88. The fraction of sp³-hybridized carbons (Fsp3) is 0.138. The molecule has 1 aliphatic carbocycles. The van der Waals surface area contributed by atoms with E-state index >= 15 is 0 Å². The van der Waals surface area contributed by atoms with Gasteiger partial charge in [0.2, 0.25) is 0 Å². The third-order valence-corrected chi connectivity index (χ3v) is 8.77. The van der Waals surface area contributed by atoms with E-state index in [0.717, 1.165) is 29.5 Å². The molecule has 1 heterocycles. The van der Waals surface area contributed by atoms with Crippen LogP contribution in [0.4, 0.5) is 0 Å². The number of methoxy groups -OCH3 is 1. The topological polar surface area (TPSA) is 35.5 Å². The second-order valence-electron chi connectivity index (χ2n) is 8.32. The maximum atomic E-state index is 13.2. The lowest BCUT2D eigenvalue weighted by atomic mass is 10.1. The molecule has 2 unspecified atom stereocenters. The maximum absolute atomic E-state index is 13.2. The Morgan fingerprint density at radius 1 is 0.848 bits per heavy atom. The molecule has 0 saturated heterocycles. The molecule has 0 fully saturated rings. The van der Waals surface area contributed by atoms with Gasteiger partial charge in [0, 0.05) is 21.2 Å². The summed E-state index contributed by atoms with van der Waals surface area (Å²) in [6.07, 6.45) is 1.49. The van der Waals surface area contributed by atoms with Crippen LogP contribution >= 0.6 is 10.5 Å². The van der Waals surface area contributed by atoms with Crippen molar-refractivity contribution in [3.05, 3.63) is 108 Å². The van der Waals surface area contributed by atoms with Crippen molar-refractivity contribution in [2.75, 3.05) is 7.11 Å². The van der Waals surface area contributed by atoms with Gasteiger partial charge in [-0.1, -0.05) is 36.4 Å². The average molecular weight is 452 g/mol. The van der Waals surface area contributed by atoms with Crippen LogP contribution in [0.25, 0.3) is 25.1 Å². The molecular formula is C29H23O3S+. The van der Waals surface area contributed by atoms with E-state index in [1.165, 1.54) is 25.2 Å². The number of carbonyl (C=O) groups excluding carboxylic acids is 1. The third kappa shape index (κ3) is 3.38. The Kier molecular flexibility index (Phi) is 4.88. The largest absolute Gasteiger partial charge is 0.497 e. The van der Waals surface area contributed by atoms with Crippen LogP contribution < -0.4 is 4.74 Å². The van der Waals surface area contributed by atoms with Gasteiger partial charge in [-0.25, -0.2) is 4.79 Å². The van der Waals surface area contributed by atoms with Crippen molar-refractivity contribution in [1.82, 2.24) is 0 Å². The van der Waals surface area contributed by atoms with Crippen molar-refractivity contribution in [3.8, 4) is 10.6 Å². The molecular weight excluding hydrogens is 428 g/mol. The number of aryl methyl sites for hydroxylation is 1. The molecule has 3 nitrogen and oxygen atoms in total.